The minimum atomic E-state index is 0.720. The van der Waals surface area contributed by atoms with Gasteiger partial charge in [-0.05, 0) is 31.0 Å². The lowest BCUT2D eigenvalue weighted by atomic mass is 10.1. The predicted molar refractivity (Wildman–Crippen MR) is 53.2 cm³/mol. The van der Waals surface area contributed by atoms with E-state index in [0.717, 1.165) is 25.4 Å². The van der Waals surface area contributed by atoms with E-state index in [0.29, 0.717) is 0 Å². The molecule has 0 bridgehead atoms. The molecule has 0 aromatic heterocycles. The Morgan fingerprint density at radius 1 is 1.15 bits per heavy atom. The number of benzene rings is 1. The van der Waals surface area contributed by atoms with Gasteiger partial charge in [-0.3, -0.25) is 0 Å². The van der Waals surface area contributed by atoms with Crippen LogP contribution in [0.3, 0.4) is 0 Å². The molecule has 0 atom stereocenters. The SMILES string of the molecule is CCOc1ccc(CCOC)cc1. The molecule has 72 valence electrons. The summed E-state index contributed by atoms with van der Waals surface area (Å²) < 4.78 is 10.3. The maximum Gasteiger partial charge on any atom is 0.119 e. The van der Waals surface area contributed by atoms with Crippen LogP contribution in [0.5, 0.6) is 5.75 Å². The molecule has 0 radical (unpaired) electrons. The average Bonchev–Trinajstić information content (AvgIpc) is 2.17. The van der Waals surface area contributed by atoms with E-state index in [-0.39, 0.29) is 0 Å². The molecule has 0 amide bonds. The smallest absolute Gasteiger partial charge is 0.119 e. The molecule has 0 unspecified atom stereocenters. The van der Waals surface area contributed by atoms with Crippen molar-refractivity contribution in [2.45, 2.75) is 13.3 Å². The summed E-state index contributed by atoms with van der Waals surface area (Å²) in [4.78, 5) is 0. The van der Waals surface area contributed by atoms with Gasteiger partial charge in [0.25, 0.3) is 0 Å². The van der Waals surface area contributed by atoms with Crippen molar-refractivity contribution in [1.29, 1.82) is 0 Å². The van der Waals surface area contributed by atoms with Crippen molar-refractivity contribution in [3.05, 3.63) is 29.8 Å². The molecule has 0 aliphatic heterocycles. The highest BCUT2D eigenvalue weighted by atomic mass is 16.5. The van der Waals surface area contributed by atoms with E-state index >= 15 is 0 Å². The summed E-state index contributed by atoms with van der Waals surface area (Å²) >= 11 is 0. The van der Waals surface area contributed by atoms with E-state index in [1.807, 2.05) is 19.1 Å². The fourth-order valence-corrected chi connectivity index (χ4v) is 1.14. The van der Waals surface area contributed by atoms with Crippen LogP contribution in [0, 0.1) is 0 Å². The van der Waals surface area contributed by atoms with Crippen LogP contribution in [0.1, 0.15) is 12.5 Å². The largest absolute Gasteiger partial charge is 0.494 e. The van der Waals surface area contributed by atoms with Crippen molar-refractivity contribution in [3.8, 4) is 5.75 Å². The Hall–Kier alpha value is -1.02. The first kappa shape index (κ1) is 10.1. The third kappa shape index (κ3) is 3.47. The van der Waals surface area contributed by atoms with Gasteiger partial charge in [0.1, 0.15) is 5.75 Å². The Bertz CT molecular complexity index is 228. The van der Waals surface area contributed by atoms with Crippen molar-refractivity contribution in [3.63, 3.8) is 0 Å². The van der Waals surface area contributed by atoms with E-state index in [1.54, 1.807) is 7.11 Å². The van der Waals surface area contributed by atoms with Crippen LogP contribution in [0.4, 0.5) is 0 Å². The number of hydrogen-bond donors (Lipinski definition) is 0. The molecule has 1 rings (SSSR count). The lowest BCUT2D eigenvalue weighted by molar-refractivity contribution is 0.202. The summed E-state index contributed by atoms with van der Waals surface area (Å²) in [6, 6.07) is 8.14. The molecule has 1 aromatic rings. The summed E-state index contributed by atoms with van der Waals surface area (Å²) in [6.45, 7) is 3.48. The van der Waals surface area contributed by atoms with Crippen LogP contribution in [-0.4, -0.2) is 20.3 Å². The van der Waals surface area contributed by atoms with Gasteiger partial charge in [-0.15, -0.1) is 0 Å². The Morgan fingerprint density at radius 3 is 2.38 bits per heavy atom. The quantitative estimate of drug-likeness (QED) is 0.692. The van der Waals surface area contributed by atoms with Crippen LogP contribution in [0.2, 0.25) is 0 Å². The fourth-order valence-electron chi connectivity index (χ4n) is 1.14. The van der Waals surface area contributed by atoms with E-state index in [1.165, 1.54) is 5.56 Å². The molecule has 0 saturated carbocycles. The predicted octanol–water partition coefficient (Wildman–Crippen LogP) is 2.27. The summed E-state index contributed by atoms with van der Waals surface area (Å²) in [5.74, 6) is 0.934. The first-order valence-corrected chi connectivity index (χ1v) is 4.57. The average molecular weight is 180 g/mol. The van der Waals surface area contributed by atoms with E-state index in [4.69, 9.17) is 9.47 Å². The number of ether oxygens (including phenoxy) is 2. The fraction of sp³-hybridized carbons (Fsp3) is 0.455. The lowest BCUT2D eigenvalue weighted by Crippen LogP contribution is -1.95. The van der Waals surface area contributed by atoms with Gasteiger partial charge in [0.05, 0.1) is 13.2 Å². The highest BCUT2D eigenvalue weighted by Crippen LogP contribution is 2.12. The van der Waals surface area contributed by atoms with Gasteiger partial charge in [0.2, 0.25) is 0 Å². The maximum atomic E-state index is 5.33. The highest BCUT2D eigenvalue weighted by Gasteiger charge is 1.93. The van der Waals surface area contributed by atoms with Crippen molar-refractivity contribution < 1.29 is 9.47 Å². The number of methoxy groups -OCH3 is 1. The second kappa shape index (κ2) is 5.60. The van der Waals surface area contributed by atoms with Gasteiger partial charge >= 0.3 is 0 Å². The standard InChI is InChI=1S/C11H16O2/c1-3-13-11-6-4-10(5-7-11)8-9-12-2/h4-7H,3,8-9H2,1-2H3. The molecule has 0 saturated heterocycles. The Morgan fingerprint density at radius 2 is 1.85 bits per heavy atom. The molecular formula is C11H16O2. The first-order valence-electron chi connectivity index (χ1n) is 4.57. The topological polar surface area (TPSA) is 18.5 Å². The van der Waals surface area contributed by atoms with Crippen LogP contribution in [0.15, 0.2) is 24.3 Å². The molecule has 0 aliphatic carbocycles. The van der Waals surface area contributed by atoms with E-state index in [9.17, 15) is 0 Å². The summed E-state index contributed by atoms with van der Waals surface area (Å²) in [5, 5.41) is 0. The van der Waals surface area contributed by atoms with Crippen LogP contribution in [0.25, 0.3) is 0 Å². The molecule has 0 heterocycles. The van der Waals surface area contributed by atoms with Gasteiger partial charge in [-0.25, -0.2) is 0 Å². The second-order valence-corrected chi connectivity index (χ2v) is 2.82. The molecule has 1 aromatic carbocycles. The third-order valence-electron chi connectivity index (χ3n) is 1.83. The monoisotopic (exact) mass is 180 g/mol. The van der Waals surface area contributed by atoms with E-state index in [2.05, 4.69) is 12.1 Å². The number of rotatable bonds is 5. The Labute approximate surface area is 79.5 Å². The summed E-state index contributed by atoms with van der Waals surface area (Å²) in [6.07, 6.45) is 0.961. The molecule has 0 spiro atoms. The normalized spacial score (nSPS) is 10.0. The summed E-state index contributed by atoms with van der Waals surface area (Å²) in [5.41, 5.74) is 1.28. The van der Waals surface area contributed by atoms with Gasteiger partial charge in [0, 0.05) is 7.11 Å². The van der Waals surface area contributed by atoms with E-state index < -0.39 is 0 Å². The minimum absolute atomic E-state index is 0.720. The van der Waals surface area contributed by atoms with Crippen molar-refractivity contribution >= 4 is 0 Å². The first-order chi connectivity index (χ1) is 6.36. The van der Waals surface area contributed by atoms with Crippen LogP contribution >= 0.6 is 0 Å². The second-order valence-electron chi connectivity index (χ2n) is 2.82. The molecular weight excluding hydrogens is 164 g/mol. The molecule has 0 fully saturated rings. The highest BCUT2D eigenvalue weighted by molar-refractivity contribution is 5.27. The lowest BCUT2D eigenvalue weighted by Gasteiger charge is -2.04. The molecule has 0 N–H and O–H groups in total. The van der Waals surface area contributed by atoms with Crippen molar-refractivity contribution in [1.82, 2.24) is 0 Å². The zero-order valence-electron chi connectivity index (χ0n) is 8.25. The number of hydrogen-bond acceptors (Lipinski definition) is 2. The minimum Gasteiger partial charge on any atom is -0.494 e. The van der Waals surface area contributed by atoms with Crippen molar-refractivity contribution in [2.24, 2.45) is 0 Å². The zero-order valence-corrected chi connectivity index (χ0v) is 8.25. The Kier molecular flexibility index (Phi) is 4.33. The maximum absolute atomic E-state index is 5.33. The molecule has 13 heavy (non-hydrogen) atoms. The van der Waals surface area contributed by atoms with Gasteiger partial charge < -0.3 is 9.47 Å². The van der Waals surface area contributed by atoms with Crippen LogP contribution in [-0.2, 0) is 11.2 Å². The summed E-state index contributed by atoms with van der Waals surface area (Å²) in [7, 11) is 1.72. The molecule has 0 aliphatic rings. The molecule has 2 heteroatoms. The van der Waals surface area contributed by atoms with Crippen molar-refractivity contribution in [2.75, 3.05) is 20.3 Å². The van der Waals surface area contributed by atoms with Gasteiger partial charge in [-0.2, -0.15) is 0 Å². The van der Waals surface area contributed by atoms with Gasteiger partial charge in [0.15, 0.2) is 0 Å². The van der Waals surface area contributed by atoms with Crippen LogP contribution < -0.4 is 4.74 Å². The third-order valence-corrected chi connectivity index (χ3v) is 1.83. The Balaban J connectivity index is 2.48. The zero-order chi connectivity index (χ0) is 9.52. The van der Waals surface area contributed by atoms with Gasteiger partial charge in [-0.1, -0.05) is 12.1 Å². The molecule has 2 nitrogen and oxygen atoms in total.